The van der Waals surface area contributed by atoms with Crippen LogP contribution in [0.1, 0.15) is 40.0 Å². The van der Waals surface area contributed by atoms with Crippen LogP contribution in [0.3, 0.4) is 0 Å². The minimum absolute atomic E-state index is 0.705. The van der Waals surface area contributed by atoms with E-state index in [0.29, 0.717) is 6.04 Å². The standard InChI is InChI=1S/C11H21N/c1-9(2)8-11-6-5-7-12(11)10(3)4/h10-11H,1,5-8H2,2-4H3. The lowest BCUT2D eigenvalue weighted by Gasteiger charge is -2.28. The number of likely N-dealkylation sites (tertiary alicyclic amines) is 1. The Bertz CT molecular complexity index is 160. The monoisotopic (exact) mass is 167 g/mol. The molecule has 0 aromatic rings. The van der Waals surface area contributed by atoms with Gasteiger partial charge in [-0.2, -0.15) is 0 Å². The van der Waals surface area contributed by atoms with Crippen LogP contribution < -0.4 is 0 Å². The van der Waals surface area contributed by atoms with Gasteiger partial charge in [0.15, 0.2) is 0 Å². The molecule has 1 heterocycles. The molecule has 0 aliphatic carbocycles. The third-order valence-electron chi connectivity index (χ3n) is 2.67. The molecule has 0 spiro atoms. The highest BCUT2D eigenvalue weighted by molar-refractivity contribution is 4.96. The van der Waals surface area contributed by atoms with Gasteiger partial charge in [-0.25, -0.2) is 0 Å². The van der Waals surface area contributed by atoms with Crippen molar-refractivity contribution in [1.29, 1.82) is 0 Å². The van der Waals surface area contributed by atoms with Crippen molar-refractivity contribution >= 4 is 0 Å². The van der Waals surface area contributed by atoms with E-state index in [0.717, 1.165) is 6.04 Å². The van der Waals surface area contributed by atoms with Gasteiger partial charge in [-0.1, -0.05) is 5.57 Å². The lowest BCUT2D eigenvalue weighted by atomic mass is 10.1. The van der Waals surface area contributed by atoms with Crippen molar-refractivity contribution in [2.45, 2.75) is 52.1 Å². The van der Waals surface area contributed by atoms with E-state index in [1.807, 2.05) is 0 Å². The molecule has 1 heteroatoms. The maximum Gasteiger partial charge on any atom is 0.0135 e. The first-order chi connectivity index (χ1) is 5.61. The molecule has 12 heavy (non-hydrogen) atoms. The molecule has 1 atom stereocenters. The first-order valence-electron chi connectivity index (χ1n) is 5.01. The fraction of sp³-hybridized carbons (Fsp3) is 0.818. The first kappa shape index (κ1) is 9.79. The fourth-order valence-electron chi connectivity index (χ4n) is 2.16. The predicted octanol–water partition coefficient (Wildman–Crippen LogP) is 2.83. The average molecular weight is 167 g/mol. The number of hydrogen-bond acceptors (Lipinski definition) is 1. The Kier molecular flexibility index (Phi) is 3.33. The maximum absolute atomic E-state index is 3.99. The third kappa shape index (κ3) is 2.34. The van der Waals surface area contributed by atoms with Gasteiger partial charge in [0.25, 0.3) is 0 Å². The predicted molar refractivity (Wildman–Crippen MR) is 54.3 cm³/mol. The normalized spacial score (nSPS) is 25.2. The average Bonchev–Trinajstić information content (AvgIpc) is 2.33. The summed E-state index contributed by atoms with van der Waals surface area (Å²) in [4.78, 5) is 2.61. The van der Waals surface area contributed by atoms with E-state index < -0.39 is 0 Å². The molecule has 1 aliphatic heterocycles. The molecule has 1 saturated heterocycles. The summed E-state index contributed by atoms with van der Waals surface area (Å²) in [6.45, 7) is 12.0. The van der Waals surface area contributed by atoms with Crippen LogP contribution >= 0.6 is 0 Å². The SMILES string of the molecule is C=C(C)CC1CCCN1C(C)C. The van der Waals surface area contributed by atoms with E-state index >= 15 is 0 Å². The van der Waals surface area contributed by atoms with Gasteiger partial charge >= 0.3 is 0 Å². The second-order valence-corrected chi connectivity index (χ2v) is 4.29. The van der Waals surface area contributed by atoms with Crippen molar-refractivity contribution < 1.29 is 0 Å². The van der Waals surface area contributed by atoms with Gasteiger partial charge in [0, 0.05) is 12.1 Å². The number of rotatable bonds is 3. The quantitative estimate of drug-likeness (QED) is 0.584. The van der Waals surface area contributed by atoms with Gasteiger partial charge < -0.3 is 0 Å². The van der Waals surface area contributed by atoms with Crippen LogP contribution in [0, 0.1) is 0 Å². The molecule has 0 aromatic heterocycles. The largest absolute Gasteiger partial charge is 0.298 e. The molecule has 1 nitrogen and oxygen atoms in total. The van der Waals surface area contributed by atoms with E-state index in [2.05, 4.69) is 32.3 Å². The Morgan fingerprint density at radius 1 is 1.58 bits per heavy atom. The van der Waals surface area contributed by atoms with Gasteiger partial charge in [-0.3, -0.25) is 4.90 Å². The molecule has 0 radical (unpaired) electrons. The molecule has 0 bridgehead atoms. The summed E-state index contributed by atoms with van der Waals surface area (Å²) in [5, 5.41) is 0. The second kappa shape index (κ2) is 4.08. The van der Waals surface area contributed by atoms with Gasteiger partial charge in [0.1, 0.15) is 0 Å². The van der Waals surface area contributed by atoms with Crippen LogP contribution in [-0.4, -0.2) is 23.5 Å². The van der Waals surface area contributed by atoms with Crippen molar-refractivity contribution in [3.63, 3.8) is 0 Å². The summed E-state index contributed by atoms with van der Waals surface area (Å²) in [5.41, 5.74) is 1.33. The second-order valence-electron chi connectivity index (χ2n) is 4.29. The summed E-state index contributed by atoms with van der Waals surface area (Å²) < 4.78 is 0. The van der Waals surface area contributed by atoms with Crippen molar-refractivity contribution in [3.05, 3.63) is 12.2 Å². The molecule has 70 valence electrons. The molecule has 0 N–H and O–H groups in total. The van der Waals surface area contributed by atoms with Crippen LogP contribution in [0.4, 0.5) is 0 Å². The van der Waals surface area contributed by atoms with Crippen LogP contribution in [0.15, 0.2) is 12.2 Å². The van der Waals surface area contributed by atoms with Gasteiger partial charge in [0.2, 0.25) is 0 Å². The lowest BCUT2D eigenvalue weighted by Crippen LogP contribution is -2.35. The zero-order valence-electron chi connectivity index (χ0n) is 8.64. The van der Waals surface area contributed by atoms with E-state index in [1.54, 1.807) is 0 Å². The van der Waals surface area contributed by atoms with Crippen molar-refractivity contribution in [3.8, 4) is 0 Å². The lowest BCUT2D eigenvalue weighted by molar-refractivity contribution is 0.203. The summed E-state index contributed by atoms with van der Waals surface area (Å²) in [7, 11) is 0. The number of hydrogen-bond donors (Lipinski definition) is 0. The van der Waals surface area contributed by atoms with E-state index in [9.17, 15) is 0 Å². The van der Waals surface area contributed by atoms with Crippen molar-refractivity contribution in [2.24, 2.45) is 0 Å². The molecule has 0 saturated carbocycles. The fourth-order valence-corrected chi connectivity index (χ4v) is 2.16. The van der Waals surface area contributed by atoms with Crippen molar-refractivity contribution in [2.75, 3.05) is 6.54 Å². The topological polar surface area (TPSA) is 3.24 Å². The zero-order valence-corrected chi connectivity index (χ0v) is 8.64. The summed E-state index contributed by atoms with van der Waals surface area (Å²) >= 11 is 0. The molecule has 0 amide bonds. The maximum atomic E-state index is 3.99. The van der Waals surface area contributed by atoms with Crippen LogP contribution in [0.2, 0.25) is 0 Å². The van der Waals surface area contributed by atoms with E-state index in [4.69, 9.17) is 0 Å². The minimum atomic E-state index is 0.705. The van der Waals surface area contributed by atoms with Crippen LogP contribution in [-0.2, 0) is 0 Å². The Labute approximate surface area is 76.5 Å². The molecular formula is C11H21N. The highest BCUT2D eigenvalue weighted by Gasteiger charge is 2.25. The Balaban J connectivity index is 2.46. The van der Waals surface area contributed by atoms with Gasteiger partial charge in [-0.15, -0.1) is 6.58 Å². The summed E-state index contributed by atoms with van der Waals surface area (Å²) in [5.74, 6) is 0. The third-order valence-corrected chi connectivity index (χ3v) is 2.67. The molecule has 1 aliphatic rings. The smallest absolute Gasteiger partial charge is 0.0135 e. The van der Waals surface area contributed by atoms with Crippen LogP contribution in [0.5, 0.6) is 0 Å². The van der Waals surface area contributed by atoms with E-state index in [-0.39, 0.29) is 0 Å². The molecule has 1 fully saturated rings. The van der Waals surface area contributed by atoms with Gasteiger partial charge in [0.05, 0.1) is 0 Å². The summed E-state index contributed by atoms with van der Waals surface area (Å²) in [6.07, 6.45) is 3.93. The van der Waals surface area contributed by atoms with Crippen molar-refractivity contribution in [1.82, 2.24) is 4.90 Å². The molecule has 1 unspecified atom stereocenters. The number of nitrogens with zero attached hydrogens (tertiary/aromatic N) is 1. The van der Waals surface area contributed by atoms with Crippen LogP contribution in [0.25, 0.3) is 0 Å². The Hall–Kier alpha value is -0.300. The first-order valence-corrected chi connectivity index (χ1v) is 5.01. The minimum Gasteiger partial charge on any atom is -0.298 e. The summed E-state index contributed by atoms with van der Waals surface area (Å²) in [6, 6.07) is 1.49. The molecular weight excluding hydrogens is 146 g/mol. The Morgan fingerprint density at radius 3 is 2.75 bits per heavy atom. The molecule has 0 aromatic carbocycles. The zero-order chi connectivity index (χ0) is 9.14. The highest BCUT2D eigenvalue weighted by Crippen LogP contribution is 2.24. The Morgan fingerprint density at radius 2 is 2.25 bits per heavy atom. The van der Waals surface area contributed by atoms with E-state index in [1.165, 1.54) is 31.4 Å². The van der Waals surface area contributed by atoms with Gasteiger partial charge in [-0.05, 0) is 46.6 Å². The highest BCUT2D eigenvalue weighted by atomic mass is 15.2. The molecule has 1 rings (SSSR count).